The van der Waals surface area contributed by atoms with E-state index in [9.17, 15) is 0 Å². The van der Waals surface area contributed by atoms with E-state index >= 15 is 0 Å². The summed E-state index contributed by atoms with van der Waals surface area (Å²) in [6.45, 7) is 0. The highest BCUT2D eigenvalue weighted by atomic mass is 16.5. The van der Waals surface area contributed by atoms with Gasteiger partial charge in [-0.05, 0) is 75.3 Å². The Bertz CT molecular complexity index is 3350. The molecule has 1 N–H and O–H groups in total. The lowest BCUT2D eigenvalue weighted by molar-refractivity contribution is 0.436. The molecule has 0 fully saturated rings. The number of nitrogens with one attached hydrogen (secondary N) is 1. The van der Waals surface area contributed by atoms with Crippen molar-refractivity contribution in [1.82, 2.24) is 9.97 Å². The molecule has 0 radical (unpaired) electrons. The highest BCUT2D eigenvalue weighted by Gasteiger charge is 2.52. The molecule has 0 saturated heterocycles. The smallest absolute Gasteiger partial charge is 0.132 e. The molecular formula is C56H35N3O. The topological polar surface area (TPSA) is 47.0 Å². The van der Waals surface area contributed by atoms with Gasteiger partial charge in [0.05, 0.1) is 33.9 Å². The van der Waals surface area contributed by atoms with Crippen molar-refractivity contribution < 1.29 is 4.74 Å². The summed E-state index contributed by atoms with van der Waals surface area (Å²) in [6, 6.07) is 71.9. The summed E-state index contributed by atoms with van der Waals surface area (Å²) in [5.41, 5.74) is 18.5. The molecule has 1 aliphatic carbocycles. The number of para-hydroxylation sites is 3. The van der Waals surface area contributed by atoms with Crippen LogP contribution in [0.5, 0.6) is 11.5 Å². The van der Waals surface area contributed by atoms with E-state index in [-0.39, 0.29) is 6.04 Å². The third-order valence-electron chi connectivity index (χ3n) is 13.0. The van der Waals surface area contributed by atoms with Gasteiger partial charge >= 0.3 is 0 Å². The van der Waals surface area contributed by atoms with Crippen molar-refractivity contribution in [3.8, 4) is 56.3 Å². The minimum absolute atomic E-state index is 0.0115. The lowest BCUT2D eigenvalue weighted by Crippen LogP contribution is -2.32. The zero-order valence-electron chi connectivity index (χ0n) is 32.4. The Morgan fingerprint density at radius 2 is 1.03 bits per heavy atom. The number of anilines is 1. The maximum Gasteiger partial charge on any atom is 0.132 e. The van der Waals surface area contributed by atoms with Crippen LogP contribution in [0.25, 0.3) is 66.6 Å². The molecule has 3 aliphatic rings. The number of hydrogen-bond donors (Lipinski definition) is 1. The molecule has 0 bridgehead atoms. The molecule has 60 heavy (non-hydrogen) atoms. The zero-order chi connectivity index (χ0) is 39.4. The first kappa shape index (κ1) is 33.2. The van der Waals surface area contributed by atoms with E-state index in [2.05, 4.69) is 199 Å². The maximum atomic E-state index is 6.75. The molecule has 13 rings (SSSR count). The summed E-state index contributed by atoms with van der Waals surface area (Å²) in [5.74, 6) is 1.75. The normalized spacial score (nSPS) is 14.9. The predicted octanol–water partition coefficient (Wildman–Crippen LogP) is 13.8. The van der Waals surface area contributed by atoms with Gasteiger partial charge in [-0.2, -0.15) is 0 Å². The number of fused-ring (bicyclic) bond motifs is 16. The monoisotopic (exact) mass is 765 g/mol. The fourth-order valence-electron chi connectivity index (χ4n) is 10.4. The largest absolute Gasteiger partial charge is 0.457 e. The fraction of sp³-hybridized carbons (Fsp3) is 0.0357. The summed E-state index contributed by atoms with van der Waals surface area (Å²) in [4.78, 5) is 10.7. The molecule has 4 heteroatoms. The fourth-order valence-corrected chi connectivity index (χ4v) is 10.4. The predicted molar refractivity (Wildman–Crippen MR) is 243 cm³/mol. The van der Waals surface area contributed by atoms with E-state index in [0.717, 1.165) is 72.6 Å². The summed E-state index contributed by atoms with van der Waals surface area (Å²) < 4.78 is 6.75. The van der Waals surface area contributed by atoms with E-state index in [4.69, 9.17) is 14.7 Å². The molecule has 1 spiro atoms. The second-order valence-corrected chi connectivity index (χ2v) is 16.1. The van der Waals surface area contributed by atoms with E-state index in [1.807, 2.05) is 6.07 Å². The van der Waals surface area contributed by atoms with Crippen LogP contribution >= 0.6 is 0 Å². The molecule has 1 unspecified atom stereocenters. The molecule has 280 valence electrons. The Morgan fingerprint density at radius 1 is 0.433 bits per heavy atom. The molecule has 4 heterocycles. The van der Waals surface area contributed by atoms with Crippen LogP contribution in [0.1, 0.15) is 39.4 Å². The van der Waals surface area contributed by atoms with Crippen LogP contribution in [0, 0.1) is 0 Å². The highest BCUT2D eigenvalue weighted by Crippen LogP contribution is 2.65. The van der Waals surface area contributed by atoms with Crippen LogP contribution in [-0.4, -0.2) is 9.97 Å². The number of nitrogens with zero attached hydrogens (tertiary/aromatic N) is 2. The third-order valence-corrected chi connectivity index (χ3v) is 13.0. The van der Waals surface area contributed by atoms with Crippen LogP contribution in [0.15, 0.2) is 200 Å². The Hall–Kier alpha value is -7.82. The van der Waals surface area contributed by atoms with E-state index in [0.29, 0.717) is 0 Å². The summed E-state index contributed by atoms with van der Waals surface area (Å²) in [6.07, 6.45) is 0. The van der Waals surface area contributed by atoms with Gasteiger partial charge in [0.15, 0.2) is 0 Å². The molecule has 0 amide bonds. The van der Waals surface area contributed by atoms with Crippen LogP contribution < -0.4 is 10.1 Å². The van der Waals surface area contributed by atoms with E-state index < -0.39 is 5.41 Å². The molecule has 10 aromatic rings. The molecule has 8 aromatic carbocycles. The summed E-state index contributed by atoms with van der Waals surface area (Å²) >= 11 is 0. The average molecular weight is 766 g/mol. The first-order valence-corrected chi connectivity index (χ1v) is 20.6. The minimum atomic E-state index is -0.654. The minimum Gasteiger partial charge on any atom is -0.457 e. The molecule has 1 atom stereocenters. The summed E-state index contributed by atoms with van der Waals surface area (Å²) in [7, 11) is 0. The zero-order valence-corrected chi connectivity index (χ0v) is 32.4. The number of pyridine rings is 2. The summed E-state index contributed by atoms with van der Waals surface area (Å²) in [5, 5.41) is 6.06. The second-order valence-electron chi connectivity index (χ2n) is 16.1. The van der Waals surface area contributed by atoms with Crippen molar-refractivity contribution >= 4 is 27.5 Å². The Balaban J connectivity index is 1.10. The van der Waals surface area contributed by atoms with Crippen LogP contribution in [-0.2, 0) is 5.41 Å². The van der Waals surface area contributed by atoms with Crippen molar-refractivity contribution in [2.45, 2.75) is 11.5 Å². The maximum absolute atomic E-state index is 6.75. The highest BCUT2D eigenvalue weighted by molar-refractivity contribution is 6.05. The SMILES string of the molecule is c1ccc(-c2ccc3ccc4ccc(-c5ccc6c(c5)C5(c7ccccc7Oc7ccccc75)c5ccc7c(c5-6)-c5ccccc5NC7c5ccccc5)nc4c3n2)cc1. The first-order chi connectivity index (χ1) is 29.7. The van der Waals surface area contributed by atoms with Gasteiger partial charge in [0.25, 0.3) is 0 Å². The van der Waals surface area contributed by atoms with Crippen molar-refractivity contribution in [2.24, 2.45) is 0 Å². The number of benzene rings is 8. The number of hydrogen-bond acceptors (Lipinski definition) is 4. The van der Waals surface area contributed by atoms with Gasteiger partial charge < -0.3 is 10.1 Å². The molecule has 2 aliphatic heterocycles. The average Bonchev–Trinajstić information content (AvgIpc) is 3.61. The molecule has 0 saturated carbocycles. The van der Waals surface area contributed by atoms with Gasteiger partial charge in [0, 0.05) is 44.3 Å². The van der Waals surface area contributed by atoms with Crippen LogP contribution in [0.2, 0.25) is 0 Å². The van der Waals surface area contributed by atoms with Crippen molar-refractivity contribution in [1.29, 1.82) is 0 Å². The molecular weight excluding hydrogens is 731 g/mol. The van der Waals surface area contributed by atoms with Gasteiger partial charge in [-0.1, -0.05) is 164 Å². The van der Waals surface area contributed by atoms with Crippen molar-refractivity contribution in [3.05, 3.63) is 234 Å². The second kappa shape index (κ2) is 12.6. The van der Waals surface area contributed by atoms with Gasteiger partial charge in [0.2, 0.25) is 0 Å². The van der Waals surface area contributed by atoms with Gasteiger partial charge in [-0.15, -0.1) is 0 Å². The molecule has 4 nitrogen and oxygen atoms in total. The van der Waals surface area contributed by atoms with E-state index in [1.54, 1.807) is 0 Å². The number of aromatic nitrogens is 2. The molecule has 2 aromatic heterocycles. The third kappa shape index (κ3) is 4.61. The van der Waals surface area contributed by atoms with Gasteiger partial charge in [-0.25, -0.2) is 9.97 Å². The Labute approximate surface area is 347 Å². The lowest BCUT2D eigenvalue weighted by Gasteiger charge is -2.40. The Kier molecular flexibility index (Phi) is 6.96. The van der Waals surface area contributed by atoms with Crippen LogP contribution in [0.3, 0.4) is 0 Å². The number of rotatable bonds is 3. The van der Waals surface area contributed by atoms with E-state index in [1.165, 1.54) is 44.5 Å². The van der Waals surface area contributed by atoms with Gasteiger partial charge in [-0.3, -0.25) is 0 Å². The lowest BCUT2D eigenvalue weighted by atomic mass is 9.65. The quantitative estimate of drug-likeness (QED) is 0.182. The Morgan fingerprint density at radius 3 is 1.75 bits per heavy atom. The standard InChI is InChI=1S/C56H35N3O/c1-3-13-34(14-4-1)46-31-26-36-23-24-37-27-32-47(58-55(37)54(36)57-46)38-25-28-39-45(33-38)56(42-18-8-11-21-49(42)60-50-22-12-9-19-43(50)56)44-30-29-41-51(52(39)44)40-17-7-10-20-48(40)59-53(41)35-15-5-2-6-16-35/h1-33,53,59H. The van der Waals surface area contributed by atoms with Crippen molar-refractivity contribution in [2.75, 3.05) is 5.32 Å². The van der Waals surface area contributed by atoms with Crippen molar-refractivity contribution in [3.63, 3.8) is 0 Å². The van der Waals surface area contributed by atoms with Crippen LogP contribution in [0.4, 0.5) is 5.69 Å². The first-order valence-electron chi connectivity index (χ1n) is 20.6. The number of ether oxygens (including phenoxy) is 1. The van der Waals surface area contributed by atoms with Gasteiger partial charge in [0.1, 0.15) is 11.5 Å².